The van der Waals surface area contributed by atoms with E-state index in [2.05, 4.69) is 0 Å². The molecule has 0 aliphatic carbocycles. The van der Waals surface area contributed by atoms with Gasteiger partial charge in [-0.3, -0.25) is 19.7 Å². The number of hydrogen-bond donors (Lipinski definition) is 1. The van der Waals surface area contributed by atoms with E-state index in [9.17, 15) is 24.8 Å². The van der Waals surface area contributed by atoms with Gasteiger partial charge in [-0.05, 0) is 22.8 Å². The molecule has 0 radical (unpaired) electrons. The smallest absolute Gasteiger partial charge is 0.313 e. The summed E-state index contributed by atoms with van der Waals surface area (Å²) in [6.45, 7) is 0.186. The molecule has 0 saturated carbocycles. The molecule has 4 rings (SSSR count). The number of aliphatic carboxylic acids is 1. The van der Waals surface area contributed by atoms with Gasteiger partial charge in [0.1, 0.15) is 5.92 Å². The lowest BCUT2D eigenvalue weighted by atomic mass is 9.79. The van der Waals surface area contributed by atoms with Gasteiger partial charge in [0.05, 0.1) is 11.0 Å². The molecule has 1 heterocycles. The lowest BCUT2D eigenvalue weighted by Gasteiger charge is -2.40. The number of carbonyl (C=O) groups is 2. The van der Waals surface area contributed by atoms with Crippen LogP contribution in [0, 0.1) is 10.1 Å². The summed E-state index contributed by atoms with van der Waals surface area (Å²) in [7, 11) is 0. The monoisotopic (exact) mass is 402 g/mol. The van der Waals surface area contributed by atoms with Crippen molar-refractivity contribution in [1.29, 1.82) is 0 Å². The lowest BCUT2D eigenvalue weighted by molar-refractivity contribution is -0.385. The van der Waals surface area contributed by atoms with E-state index >= 15 is 0 Å². The molecule has 1 aliphatic heterocycles. The quantitative estimate of drug-likeness (QED) is 0.510. The van der Waals surface area contributed by atoms with Gasteiger partial charge in [0, 0.05) is 24.2 Å². The average molecular weight is 402 g/mol. The number of amides is 1. The van der Waals surface area contributed by atoms with Gasteiger partial charge < -0.3 is 10.0 Å². The molecule has 0 spiro atoms. The number of fused-ring (bicyclic) bond motifs is 1. The first kappa shape index (κ1) is 19.3. The Morgan fingerprint density at radius 3 is 2.40 bits per heavy atom. The van der Waals surface area contributed by atoms with Crippen molar-refractivity contribution >= 4 is 17.6 Å². The third-order valence-electron chi connectivity index (χ3n) is 5.32. The summed E-state index contributed by atoms with van der Waals surface area (Å²) in [5.41, 5.74) is 1.85. The fourth-order valence-electron chi connectivity index (χ4n) is 4.01. The van der Waals surface area contributed by atoms with Crippen LogP contribution in [-0.4, -0.2) is 26.8 Å². The molecule has 0 saturated heterocycles. The minimum Gasteiger partial charge on any atom is -0.481 e. The first-order valence-electron chi connectivity index (χ1n) is 9.38. The van der Waals surface area contributed by atoms with Gasteiger partial charge in [-0.15, -0.1) is 0 Å². The van der Waals surface area contributed by atoms with Gasteiger partial charge >= 0.3 is 5.97 Å². The number of rotatable bonds is 5. The van der Waals surface area contributed by atoms with Crippen molar-refractivity contribution in [3.8, 4) is 0 Å². The predicted molar refractivity (Wildman–Crippen MR) is 109 cm³/mol. The Balaban J connectivity index is 1.91. The third-order valence-corrected chi connectivity index (χ3v) is 5.32. The summed E-state index contributed by atoms with van der Waals surface area (Å²) >= 11 is 0. The number of nitrogens with zero attached hydrogens (tertiary/aromatic N) is 2. The molecule has 1 aliphatic rings. The Kier molecular flexibility index (Phi) is 5.02. The van der Waals surface area contributed by atoms with Crippen molar-refractivity contribution in [2.24, 2.45) is 0 Å². The molecular formula is C23H18N2O5. The van der Waals surface area contributed by atoms with Gasteiger partial charge in [-0.1, -0.05) is 60.7 Å². The van der Waals surface area contributed by atoms with E-state index in [4.69, 9.17) is 0 Å². The number of non-ortho nitro benzene ring substituents is 1. The van der Waals surface area contributed by atoms with Gasteiger partial charge in [0.2, 0.25) is 0 Å². The molecule has 150 valence electrons. The molecule has 30 heavy (non-hydrogen) atoms. The van der Waals surface area contributed by atoms with Crippen LogP contribution in [0.2, 0.25) is 0 Å². The molecule has 3 aromatic rings. The van der Waals surface area contributed by atoms with Crippen molar-refractivity contribution in [3.63, 3.8) is 0 Å². The van der Waals surface area contributed by atoms with Crippen LogP contribution in [0.5, 0.6) is 0 Å². The fourth-order valence-corrected chi connectivity index (χ4v) is 4.01. The van der Waals surface area contributed by atoms with Crippen LogP contribution in [-0.2, 0) is 11.3 Å². The summed E-state index contributed by atoms with van der Waals surface area (Å²) in [5, 5.41) is 21.4. The zero-order chi connectivity index (χ0) is 21.3. The summed E-state index contributed by atoms with van der Waals surface area (Å²) in [4.78, 5) is 38.0. The van der Waals surface area contributed by atoms with E-state index in [0.717, 1.165) is 5.56 Å². The molecular weight excluding hydrogens is 384 g/mol. The van der Waals surface area contributed by atoms with E-state index in [1.165, 1.54) is 23.1 Å². The van der Waals surface area contributed by atoms with Crippen LogP contribution in [0.4, 0.5) is 5.69 Å². The fraction of sp³-hybridized carbons (Fsp3) is 0.130. The van der Waals surface area contributed by atoms with E-state index < -0.39 is 22.9 Å². The summed E-state index contributed by atoms with van der Waals surface area (Å²) in [5.74, 6) is -2.45. The second-order valence-corrected chi connectivity index (χ2v) is 7.12. The SMILES string of the molecule is O=C(O)C1c2ccccc2C(=O)N(Cc2ccccc2)C1c1cccc([N+](=O)[O-])c1. The molecule has 1 amide bonds. The molecule has 3 aromatic carbocycles. The maximum Gasteiger partial charge on any atom is 0.313 e. The highest BCUT2D eigenvalue weighted by molar-refractivity contribution is 6.00. The van der Waals surface area contributed by atoms with Crippen molar-refractivity contribution in [2.45, 2.75) is 18.5 Å². The highest BCUT2D eigenvalue weighted by Crippen LogP contribution is 2.44. The molecule has 7 heteroatoms. The first-order valence-corrected chi connectivity index (χ1v) is 9.38. The molecule has 2 unspecified atom stereocenters. The van der Waals surface area contributed by atoms with E-state index in [1.807, 2.05) is 30.3 Å². The van der Waals surface area contributed by atoms with Crippen molar-refractivity contribution < 1.29 is 19.6 Å². The molecule has 0 bridgehead atoms. The molecule has 7 nitrogen and oxygen atoms in total. The summed E-state index contributed by atoms with van der Waals surface area (Å²) < 4.78 is 0. The van der Waals surface area contributed by atoms with Crippen molar-refractivity contribution in [2.75, 3.05) is 0 Å². The minimum absolute atomic E-state index is 0.150. The number of carboxylic acid groups (broad SMARTS) is 1. The van der Waals surface area contributed by atoms with Crippen LogP contribution in [0.1, 0.15) is 39.0 Å². The third kappa shape index (κ3) is 3.41. The second kappa shape index (κ2) is 7.79. The van der Waals surface area contributed by atoms with Crippen LogP contribution < -0.4 is 0 Å². The van der Waals surface area contributed by atoms with Crippen LogP contribution in [0.15, 0.2) is 78.9 Å². The second-order valence-electron chi connectivity index (χ2n) is 7.12. The van der Waals surface area contributed by atoms with Gasteiger partial charge in [-0.2, -0.15) is 0 Å². The van der Waals surface area contributed by atoms with Crippen LogP contribution in [0.25, 0.3) is 0 Å². The number of benzene rings is 3. The van der Waals surface area contributed by atoms with Crippen LogP contribution >= 0.6 is 0 Å². The Morgan fingerprint density at radius 2 is 1.70 bits per heavy atom. The normalized spacial score (nSPS) is 18.0. The maximum atomic E-state index is 13.4. The number of carboxylic acids is 1. The standard InChI is InChI=1S/C23H18N2O5/c26-22-19-12-5-4-11-18(19)20(23(27)28)21(16-9-6-10-17(13-16)25(29)30)24(22)14-15-7-2-1-3-8-15/h1-13,20-21H,14H2,(H,27,28). The largest absolute Gasteiger partial charge is 0.481 e. The predicted octanol–water partition coefficient (Wildman–Crippen LogP) is 4.16. The zero-order valence-corrected chi connectivity index (χ0v) is 15.8. The number of hydrogen-bond acceptors (Lipinski definition) is 4. The number of carbonyl (C=O) groups excluding carboxylic acids is 1. The average Bonchev–Trinajstić information content (AvgIpc) is 2.76. The van der Waals surface area contributed by atoms with Gasteiger partial charge in [0.15, 0.2) is 0 Å². The molecule has 0 fully saturated rings. The minimum atomic E-state index is -1.09. The van der Waals surface area contributed by atoms with Gasteiger partial charge in [0.25, 0.3) is 11.6 Å². The topological polar surface area (TPSA) is 101 Å². The summed E-state index contributed by atoms with van der Waals surface area (Å²) in [6.07, 6.45) is 0. The zero-order valence-electron chi connectivity index (χ0n) is 15.8. The Morgan fingerprint density at radius 1 is 1.00 bits per heavy atom. The molecule has 1 N–H and O–H groups in total. The summed E-state index contributed by atoms with van der Waals surface area (Å²) in [6, 6.07) is 20.9. The number of nitro groups is 1. The Hall–Kier alpha value is -4.00. The number of nitro benzene ring substituents is 1. The van der Waals surface area contributed by atoms with Gasteiger partial charge in [-0.25, -0.2) is 0 Å². The Labute approximate surface area is 172 Å². The highest BCUT2D eigenvalue weighted by atomic mass is 16.6. The van der Waals surface area contributed by atoms with E-state index in [0.29, 0.717) is 16.7 Å². The molecule has 0 aromatic heterocycles. The Bertz CT molecular complexity index is 1130. The highest BCUT2D eigenvalue weighted by Gasteiger charge is 2.44. The maximum absolute atomic E-state index is 13.4. The molecule has 2 atom stereocenters. The van der Waals surface area contributed by atoms with Crippen molar-refractivity contribution in [1.82, 2.24) is 4.90 Å². The lowest BCUT2D eigenvalue weighted by Crippen LogP contribution is -2.44. The van der Waals surface area contributed by atoms with Crippen LogP contribution in [0.3, 0.4) is 0 Å². The van der Waals surface area contributed by atoms with E-state index in [-0.39, 0.29) is 18.1 Å². The van der Waals surface area contributed by atoms with E-state index in [1.54, 1.807) is 30.3 Å². The van der Waals surface area contributed by atoms with Crippen molar-refractivity contribution in [3.05, 3.63) is 111 Å². The first-order chi connectivity index (χ1) is 14.5.